The summed E-state index contributed by atoms with van der Waals surface area (Å²) in [5.41, 5.74) is 0.593. The van der Waals surface area contributed by atoms with Crippen molar-refractivity contribution in [3.05, 3.63) is 44.8 Å². The number of carboxylic acids is 1. The molecule has 1 N–H and O–H groups in total. The zero-order valence-electron chi connectivity index (χ0n) is 11.1. The smallest absolute Gasteiger partial charge is 0.305 e. The van der Waals surface area contributed by atoms with Gasteiger partial charge in [-0.2, -0.15) is 0 Å². The third kappa shape index (κ3) is 3.68. The van der Waals surface area contributed by atoms with Gasteiger partial charge in [-0.1, -0.05) is 24.0 Å². The molecule has 2 rings (SSSR count). The Morgan fingerprint density at radius 3 is 2.59 bits per heavy atom. The van der Waals surface area contributed by atoms with Gasteiger partial charge in [-0.25, -0.2) is 0 Å². The van der Waals surface area contributed by atoms with Crippen LogP contribution in [0, 0.1) is 10.1 Å². The van der Waals surface area contributed by atoms with Crippen LogP contribution < -0.4 is 0 Å². The predicted octanol–water partition coefficient (Wildman–Crippen LogP) is 2.27. The first kappa shape index (κ1) is 16.1. The van der Waals surface area contributed by atoms with Crippen molar-refractivity contribution in [3.63, 3.8) is 0 Å². The fourth-order valence-electron chi connectivity index (χ4n) is 1.74. The molecule has 1 heterocycles. The number of rotatable bonds is 5. The van der Waals surface area contributed by atoms with Crippen molar-refractivity contribution in [2.45, 2.75) is 6.42 Å². The van der Waals surface area contributed by atoms with Crippen LogP contribution in [0.5, 0.6) is 0 Å². The molecule has 0 aromatic heterocycles. The number of amides is 1. The topological polar surface area (TPSA) is 101 Å². The number of non-ortho nitro benzene ring substituents is 1. The molecule has 0 atom stereocenters. The third-order valence-electron chi connectivity index (χ3n) is 2.82. The first-order valence-corrected chi connectivity index (χ1v) is 7.32. The van der Waals surface area contributed by atoms with Crippen molar-refractivity contribution < 1.29 is 19.6 Å². The second-order valence-electron chi connectivity index (χ2n) is 4.33. The van der Waals surface area contributed by atoms with E-state index in [1.165, 1.54) is 29.2 Å². The van der Waals surface area contributed by atoms with Gasteiger partial charge in [0, 0.05) is 18.7 Å². The van der Waals surface area contributed by atoms with Crippen LogP contribution in [0.1, 0.15) is 12.0 Å². The highest BCUT2D eigenvalue weighted by Crippen LogP contribution is 2.32. The standard InChI is InChI=1S/C13H10N2O5S2/c16-11(17)5-6-14-12(18)10(22-13(14)21)7-8-1-3-9(4-2-8)15(19)20/h1-4,7H,5-6H2,(H,16,17)/b10-7-. The van der Waals surface area contributed by atoms with Gasteiger partial charge in [-0.3, -0.25) is 24.6 Å². The number of thioether (sulfide) groups is 1. The summed E-state index contributed by atoms with van der Waals surface area (Å²) < 4.78 is 0.305. The van der Waals surface area contributed by atoms with E-state index in [-0.39, 0.29) is 24.6 Å². The molecule has 1 saturated heterocycles. The van der Waals surface area contributed by atoms with Gasteiger partial charge in [-0.15, -0.1) is 0 Å². The maximum Gasteiger partial charge on any atom is 0.305 e. The number of carboxylic acid groups (broad SMARTS) is 1. The van der Waals surface area contributed by atoms with Gasteiger partial charge in [-0.05, 0) is 23.8 Å². The fraction of sp³-hybridized carbons (Fsp3) is 0.154. The van der Waals surface area contributed by atoms with Crippen LogP contribution in [-0.4, -0.2) is 37.7 Å². The maximum atomic E-state index is 12.2. The minimum absolute atomic E-state index is 0.0254. The maximum absolute atomic E-state index is 12.2. The molecule has 0 aliphatic carbocycles. The lowest BCUT2D eigenvalue weighted by Crippen LogP contribution is -2.30. The summed E-state index contributed by atoms with van der Waals surface area (Å²) in [7, 11) is 0. The molecule has 1 amide bonds. The van der Waals surface area contributed by atoms with Crippen LogP contribution >= 0.6 is 24.0 Å². The number of hydrogen-bond acceptors (Lipinski definition) is 6. The number of carbonyl (C=O) groups is 2. The second-order valence-corrected chi connectivity index (χ2v) is 6.00. The molecule has 1 aromatic carbocycles. The Bertz CT molecular complexity index is 684. The molecule has 1 aliphatic rings. The van der Waals surface area contributed by atoms with Gasteiger partial charge < -0.3 is 5.11 Å². The number of nitro benzene ring substituents is 1. The van der Waals surface area contributed by atoms with E-state index in [9.17, 15) is 19.7 Å². The molecule has 0 bridgehead atoms. The summed E-state index contributed by atoms with van der Waals surface area (Å²) in [5.74, 6) is -1.36. The summed E-state index contributed by atoms with van der Waals surface area (Å²) in [5, 5.41) is 19.2. The predicted molar refractivity (Wildman–Crippen MR) is 85.2 cm³/mol. The molecule has 0 radical (unpaired) electrons. The number of nitro groups is 1. The van der Waals surface area contributed by atoms with Gasteiger partial charge in [0.2, 0.25) is 0 Å². The largest absolute Gasteiger partial charge is 0.481 e. The van der Waals surface area contributed by atoms with Crippen LogP contribution in [0.4, 0.5) is 5.69 Å². The van der Waals surface area contributed by atoms with Crippen molar-refractivity contribution in [2.75, 3.05) is 6.54 Å². The minimum Gasteiger partial charge on any atom is -0.481 e. The highest BCUT2D eigenvalue weighted by Gasteiger charge is 2.32. The monoisotopic (exact) mass is 338 g/mol. The highest BCUT2D eigenvalue weighted by atomic mass is 32.2. The summed E-state index contributed by atoms with van der Waals surface area (Å²) in [4.78, 5) is 34.4. The van der Waals surface area contributed by atoms with Crippen molar-refractivity contribution in [2.24, 2.45) is 0 Å². The second kappa shape index (κ2) is 6.67. The molecule has 0 unspecified atom stereocenters. The first-order chi connectivity index (χ1) is 10.4. The lowest BCUT2D eigenvalue weighted by atomic mass is 10.2. The average Bonchev–Trinajstić information content (AvgIpc) is 2.72. The van der Waals surface area contributed by atoms with Gasteiger partial charge in [0.25, 0.3) is 11.6 Å². The zero-order valence-corrected chi connectivity index (χ0v) is 12.7. The highest BCUT2D eigenvalue weighted by molar-refractivity contribution is 8.26. The number of hydrogen-bond donors (Lipinski definition) is 1. The summed E-state index contributed by atoms with van der Waals surface area (Å²) in [6, 6.07) is 5.75. The molecule has 9 heteroatoms. The van der Waals surface area contributed by atoms with Crippen LogP contribution in [-0.2, 0) is 9.59 Å². The van der Waals surface area contributed by atoms with Crippen LogP contribution in [0.25, 0.3) is 6.08 Å². The van der Waals surface area contributed by atoms with E-state index in [1.807, 2.05) is 0 Å². The average molecular weight is 338 g/mol. The Morgan fingerprint density at radius 2 is 2.05 bits per heavy atom. The molecule has 0 spiro atoms. The number of benzene rings is 1. The van der Waals surface area contributed by atoms with E-state index in [4.69, 9.17) is 17.3 Å². The molecule has 114 valence electrons. The normalized spacial score (nSPS) is 16.4. The van der Waals surface area contributed by atoms with E-state index in [0.29, 0.717) is 14.8 Å². The van der Waals surface area contributed by atoms with E-state index in [1.54, 1.807) is 6.08 Å². The van der Waals surface area contributed by atoms with Gasteiger partial charge in [0.1, 0.15) is 4.32 Å². The van der Waals surface area contributed by atoms with Crippen molar-refractivity contribution in [1.29, 1.82) is 0 Å². The van der Waals surface area contributed by atoms with E-state index in [0.717, 1.165) is 11.8 Å². The molecule has 1 aromatic rings. The molecule has 0 saturated carbocycles. The number of aliphatic carboxylic acids is 1. The van der Waals surface area contributed by atoms with Crippen LogP contribution in [0.15, 0.2) is 29.2 Å². The number of thiocarbonyl (C=S) groups is 1. The molecule has 1 aliphatic heterocycles. The summed E-state index contributed by atoms with van der Waals surface area (Å²) >= 11 is 6.14. The lowest BCUT2D eigenvalue weighted by Gasteiger charge is -2.12. The SMILES string of the molecule is O=C(O)CCN1C(=O)/C(=C/c2ccc([N+](=O)[O-])cc2)SC1=S. The van der Waals surface area contributed by atoms with Crippen molar-refractivity contribution in [1.82, 2.24) is 4.90 Å². The molecular weight excluding hydrogens is 328 g/mol. The quantitative estimate of drug-likeness (QED) is 0.380. The number of carbonyl (C=O) groups excluding carboxylic acids is 1. The van der Waals surface area contributed by atoms with Crippen LogP contribution in [0.2, 0.25) is 0 Å². The van der Waals surface area contributed by atoms with Gasteiger partial charge >= 0.3 is 5.97 Å². The van der Waals surface area contributed by atoms with Gasteiger partial charge in [0.05, 0.1) is 16.2 Å². The fourth-order valence-corrected chi connectivity index (χ4v) is 3.05. The Kier molecular flexibility index (Phi) is 4.88. The minimum atomic E-state index is -1.01. The van der Waals surface area contributed by atoms with Crippen molar-refractivity contribution >= 4 is 51.9 Å². The Morgan fingerprint density at radius 1 is 1.41 bits per heavy atom. The Balaban J connectivity index is 2.15. The van der Waals surface area contributed by atoms with E-state index < -0.39 is 10.9 Å². The van der Waals surface area contributed by atoms with Crippen LogP contribution in [0.3, 0.4) is 0 Å². The molecule has 7 nitrogen and oxygen atoms in total. The lowest BCUT2D eigenvalue weighted by molar-refractivity contribution is -0.384. The first-order valence-electron chi connectivity index (χ1n) is 6.10. The Hall–Kier alpha value is -2.26. The summed E-state index contributed by atoms with van der Waals surface area (Å²) in [6.07, 6.45) is 1.39. The molecule has 1 fully saturated rings. The van der Waals surface area contributed by atoms with E-state index in [2.05, 4.69) is 0 Å². The molecule has 22 heavy (non-hydrogen) atoms. The van der Waals surface area contributed by atoms with E-state index >= 15 is 0 Å². The zero-order chi connectivity index (χ0) is 16.3. The Labute approximate surface area is 134 Å². The van der Waals surface area contributed by atoms with Crippen molar-refractivity contribution in [3.8, 4) is 0 Å². The van der Waals surface area contributed by atoms with Gasteiger partial charge in [0.15, 0.2) is 0 Å². The number of nitrogens with zero attached hydrogens (tertiary/aromatic N) is 2. The third-order valence-corrected chi connectivity index (χ3v) is 4.20. The molecular formula is C13H10N2O5S2. The summed E-state index contributed by atoms with van der Waals surface area (Å²) in [6.45, 7) is 0.0254.